The molecule has 56 heavy (non-hydrogen) atoms. The molecule has 4 aromatic rings. The van der Waals surface area contributed by atoms with E-state index in [-0.39, 0.29) is 42.6 Å². The quantitative estimate of drug-likeness (QED) is 0.0778. The fourth-order valence-electron chi connectivity index (χ4n) is 8.05. The molecular formula is C43H59N7O6. The van der Waals surface area contributed by atoms with Crippen molar-refractivity contribution >= 4 is 22.7 Å². The van der Waals surface area contributed by atoms with Crippen molar-refractivity contribution in [3.8, 4) is 28.1 Å². The van der Waals surface area contributed by atoms with E-state index in [4.69, 9.17) is 14.6 Å². The first-order valence-electron chi connectivity index (χ1n) is 19.6. The van der Waals surface area contributed by atoms with Gasteiger partial charge in [-0.05, 0) is 112 Å². The minimum atomic E-state index is -0.854. The minimum Gasteiger partial charge on any atom is -0.508 e. The van der Waals surface area contributed by atoms with E-state index in [0.29, 0.717) is 31.6 Å². The molecule has 302 valence electrons. The largest absolute Gasteiger partial charge is 0.508 e. The molecule has 2 amide bonds. The highest BCUT2D eigenvalue weighted by Gasteiger charge is 2.33. The molecule has 1 aliphatic heterocycles. The second-order valence-electron chi connectivity index (χ2n) is 16.2. The van der Waals surface area contributed by atoms with Crippen LogP contribution in [0, 0.1) is 16.2 Å². The summed E-state index contributed by atoms with van der Waals surface area (Å²) in [5.41, 5.74) is 9.94. The molecule has 2 aromatic heterocycles. The first-order valence-corrected chi connectivity index (χ1v) is 19.6. The molecule has 0 saturated carbocycles. The lowest BCUT2D eigenvalue weighted by molar-refractivity contribution is -0.141. The number of nitrogens with one attached hydrogen (secondary N) is 2. The summed E-state index contributed by atoms with van der Waals surface area (Å²) in [4.78, 5) is 50.4. The summed E-state index contributed by atoms with van der Waals surface area (Å²) in [6.07, 6.45) is 4.11. The number of ether oxygens (including phenoxy) is 1. The van der Waals surface area contributed by atoms with E-state index in [0.717, 1.165) is 57.4 Å². The van der Waals surface area contributed by atoms with Gasteiger partial charge in [-0.15, -0.1) is 4.91 Å². The molecule has 13 heteroatoms. The van der Waals surface area contributed by atoms with Gasteiger partial charge in [-0.25, -0.2) is 5.43 Å². The van der Waals surface area contributed by atoms with Crippen LogP contribution in [-0.4, -0.2) is 89.4 Å². The summed E-state index contributed by atoms with van der Waals surface area (Å²) >= 11 is 0. The lowest BCUT2D eigenvalue weighted by atomic mass is 9.84. The Morgan fingerprint density at radius 2 is 1.86 bits per heavy atom. The Labute approximate surface area is 330 Å². The number of amides is 2. The SMILES string of the molecule is CCn1c(-c2cccnc2C(C)OC)c(CC(C)(C)CON=O)c2cc(-c3cc(O)cc(CC(NC(=O)C(C(C)C)N(C)C)C(=O)N4CCCCN4)c3)ccc21. The first kappa shape index (κ1) is 42.3. The number of carbonyl (C=O) groups is 2. The topological polar surface area (TPSA) is 151 Å². The maximum Gasteiger partial charge on any atom is 0.259 e. The third kappa shape index (κ3) is 9.56. The predicted molar refractivity (Wildman–Crippen MR) is 219 cm³/mol. The van der Waals surface area contributed by atoms with Gasteiger partial charge in [0.1, 0.15) is 18.4 Å². The number of pyridine rings is 1. The van der Waals surface area contributed by atoms with Gasteiger partial charge < -0.3 is 24.6 Å². The van der Waals surface area contributed by atoms with E-state index in [1.807, 2.05) is 71.8 Å². The average Bonchev–Trinajstić information content (AvgIpc) is 3.47. The number of phenolic OH excluding ortho intramolecular Hbond substituents is 1. The molecule has 3 unspecified atom stereocenters. The molecule has 2 aromatic carbocycles. The summed E-state index contributed by atoms with van der Waals surface area (Å²) in [5.74, 6) is -0.349. The fourth-order valence-corrected chi connectivity index (χ4v) is 8.05. The highest BCUT2D eigenvalue weighted by Crippen LogP contribution is 2.42. The summed E-state index contributed by atoms with van der Waals surface area (Å²) in [6, 6.07) is 14.3. The number of aryl methyl sites for hydroxylation is 1. The second kappa shape index (κ2) is 18.4. The van der Waals surface area contributed by atoms with Crippen LogP contribution in [0.1, 0.15) is 77.3 Å². The van der Waals surface area contributed by atoms with E-state index in [2.05, 4.69) is 45.8 Å². The lowest BCUT2D eigenvalue weighted by Gasteiger charge is -2.33. The average molecular weight is 770 g/mol. The van der Waals surface area contributed by atoms with Crippen molar-refractivity contribution in [1.82, 2.24) is 30.2 Å². The zero-order chi connectivity index (χ0) is 40.7. The van der Waals surface area contributed by atoms with E-state index in [1.165, 1.54) is 0 Å². The molecule has 0 radical (unpaired) electrons. The molecule has 1 fully saturated rings. The highest BCUT2D eigenvalue weighted by molar-refractivity contribution is 5.95. The van der Waals surface area contributed by atoms with Gasteiger partial charge in [0.15, 0.2) is 5.34 Å². The zero-order valence-corrected chi connectivity index (χ0v) is 34.4. The summed E-state index contributed by atoms with van der Waals surface area (Å²) < 4.78 is 8.04. The van der Waals surface area contributed by atoms with Crippen LogP contribution >= 0.6 is 0 Å². The second-order valence-corrected chi connectivity index (χ2v) is 16.2. The number of rotatable bonds is 17. The van der Waals surface area contributed by atoms with Crippen LogP contribution in [0.4, 0.5) is 0 Å². The van der Waals surface area contributed by atoms with Crippen LogP contribution < -0.4 is 10.7 Å². The van der Waals surface area contributed by atoms with Crippen LogP contribution in [-0.2, 0) is 38.5 Å². The molecule has 3 heterocycles. The van der Waals surface area contributed by atoms with Crippen LogP contribution in [0.15, 0.2) is 60.1 Å². The number of likely N-dealkylation sites (N-methyl/N-ethyl adjacent to an activating group) is 1. The smallest absolute Gasteiger partial charge is 0.259 e. The van der Waals surface area contributed by atoms with Gasteiger partial charge in [0.25, 0.3) is 5.91 Å². The zero-order valence-electron chi connectivity index (χ0n) is 34.4. The summed E-state index contributed by atoms with van der Waals surface area (Å²) in [7, 11) is 5.40. The monoisotopic (exact) mass is 769 g/mol. The third-order valence-electron chi connectivity index (χ3n) is 10.7. The van der Waals surface area contributed by atoms with Crippen molar-refractivity contribution in [2.45, 2.75) is 92.0 Å². The molecule has 0 aliphatic carbocycles. The fraction of sp³-hybridized carbons (Fsp3) is 0.512. The van der Waals surface area contributed by atoms with Crippen molar-refractivity contribution < 1.29 is 24.3 Å². The number of carbonyl (C=O) groups excluding carboxylic acids is 2. The van der Waals surface area contributed by atoms with Gasteiger partial charge in [0.2, 0.25) is 5.91 Å². The predicted octanol–water partition coefficient (Wildman–Crippen LogP) is 6.81. The number of methoxy groups -OCH3 is 1. The van der Waals surface area contributed by atoms with Crippen molar-refractivity contribution in [3.05, 3.63) is 76.5 Å². The molecular weight excluding hydrogens is 711 g/mol. The molecule has 3 atom stereocenters. The number of aromatic nitrogens is 2. The van der Waals surface area contributed by atoms with E-state index in [9.17, 15) is 19.6 Å². The molecule has 1 saturated heterocycles. The van der Waals surface area contributed by atoms with Crippen LogP contribution in [0.3, 0.4) is 0 Å². The Kier molecular flexibility index (Phi) is 13.9. The first-order chi connectivity index (χ1) is 26.7. The van der Waals surface area contributed by atoms with E-state index >= 15 is 0 Å². The van der Waals surface area contributed by atoms with Gasteiger partial charge in [0.05, 0.1) is 23.5 Å². The van der Waals surface area contributed by atoms with E-state index in [1.54, 1.807) is 30.4 Å². The number of phenols is 1. The number of nitrogens with zero attached hydrogens (tertiary/aromatic N) is 5. The number of fused-ring (bicyclic) bond motifs is 1. The molecule has 0 spiro atoms. The Bertz CT molecular complexity index is 1990. The van der Waals surface area contributed by atoms with Crippen molar-refractivity contribution in [3.63, 3.8) is 0 Å². The number of hydrazine groups is 1. The van der Waals surface area contributed by atoms with Crippen LogP contribution in [0.2, 0.25) is 0 Å². The van der Waals surface area contributed by atoms with Crippen molar-refractivity contribution in [2.24, 2.45) is 16.7 Å². The Morgan fingerprint density at radius 1 is 1.09 bits per heavy atom. The maximum absolute atomic E-state index is 14.0. The van der Waals surface area contributed by atoms with Gasteiger partial charge in [0, 0.05) is 61.2 Å². The van der Waals surface area contributed by atoms with Gasteiger partial charge in [-0.1, -0.05) is 39.8 Å². The lowest BCUT2D eigenvalue weighted by Crippen LogP contribution is -2.58. The molecule has 5 rings (SSSR count). The molecule has 1 aliphatic rings. The minimum absolute atomic E-state index is 0.0250. The Hall–Kier alpha value is -4.85. The summed E-state index contributed by atoms with van der Waals surface area (Å²) in [5, 5.41) is 19.5. The Morgan fingerprint density at radius 3 is 2.50 bits per heavy atom. The van der Waals surface area contributed by atoms with Crippen LogP contribution in [0.5, 0.6) is 5.75 Å². The summed E-state index contributed by atoms with van der Waals surface area (Å²) in [6.45, 7) is 14.2. The van der Waals surface area contributed by atoms with Gasteiger partial charge in [-0.2, -0.15) is 0 Å². The number of aromatic hydroxyl groups is 1. The van der Waals surface area contributed by atoms with Crippen molar-refractivity contribution in [1.29, 1.82) is 0 Å². The van der Waals surface area contributed by atoms with Crippen LogP contribution in [0.25, 0.3) is 33.3 Å². The normalized spacial score (nSPS) is 15.2. The third-order valence-corrected chi connectivity index (χ3v) is 10.7. The van der Waals surface area contributed by atoms with Gasteiger partial charge >= 0.3 is 0 Å². The number of hydrogen-bond acceptors (Lipinski definition) is 10. The Balaban J connectivity index is 1.62. The standard InChI is InChI=1S/C43H59N7O6/c1-10-49-37-16-15-30(24-34(37)35(25-43(5,6)26-56-47-54)40(49)33-14-13-17-44-38(33)28(4)55-9)31-20-29(21-32(51)23-31)22-36(42(53)50-19-12-11-18-45-50)46-41(52)39(27(2)3)48(7)8/h13-17,20-21,23-24,27-28,36,39,45,51H,10-12,18-19,22,25-26H2,1-9H3,(H,46,52). The molecule has 3 N–H and O–H groups in total. The molecule has 13 nitrogen and oxygen atoms in total. The van der Waals surface area contributed by atoms with Crippen molar-refractivity contribution in [2.75, 3.05) is 40.9 Å². The number of hydrogen-bond donors (Lipinski definition) is 3. The van der Waals surface area contributed by atoms with Gasteiger partial charge in [-0.3, -0.25) is 24.5 Å². The van der Waals surface area contributed by atoms with E-state index < -0.39 is 17.5 Å². The molecule has 0 bridgehead atoms. The maximum atomic E-state index is 14.0. The number of benzene rings is 2. The highest BCUT2D eigenvalue weighted by atomic mass is 16.7.